The van der Waals surface area contributed by atoms with Gasteiger partial charge in [-0.05, 0) is 43.6 Å². The molecular formula is C17H32F3IN4. The Morgan fingerprint density at radius 2 is 1.92 bits per heavy atom. The number of alkyl halides is 3. The summed E-state index contributed by atoms with van der Waals surface area (Å²) in [4.78, 5) is 5.75. The lowest BCUT2D eigenvalue weighted by Gasteiger charge is -2.28. The molecular weight excluding hydrogens is 444 g/mol. The normalized spacial score (nSPS) is 24.2. The van der Waals surface area contributed by atoms with Crippen LogP contribution >= 0.6 is 24.0 Å². The van der Waals surface area contributed by atoms with Crippen molar-refractivity contribution in [3.8, 4) is 0 Å². The number of nitrogens with one attached hydrogen (secondary N) is 2. The van der Waals surface area contributed by atoms with Gasteiger partial charge in [0, 0.05) is 26.7 Å². The van der Waals surface area contributed by atoms with E-state index < -0.39 is 12.7 Å². The van der Waals surface area contributed by atoms with E-state index in [0.717, 1.165) is 18.9 Å². The summed E-state index contributed by atoms with van der Waals surface area (Å²) in [7, 11) is 1.74. The number of hydrogen-bond donors (Lipinski definition) is 2. The molecule has 0 amide bonds. The van der Waals surface area contributed by atoms with Crippen molar-refractivity contribution in [1.82, 2.24) is 15.5 Å². The van der Waals surface area contributed by atoms with Gasteiger partial charge in [-0.1, -0.05) is 19.8 Å². The average Bonchev–Trinajstić information content (AvgIpc) is 3.16. The Labute approximate surface area is 166 Å². The van der Waals surface area contributed by atoms with Crippen LogP contribution in [-0.2, 0) is 0 Å². The minimum atomic E-state index is -4.10. The van der Waals surface area contributed by atoms with E-state index in [2.05, 4.69) is 22.5 Å². The SMILES string of the molecule is CCC1(CNC(=NC)NCC2CCN(CC(F)(F)F)C2)CCCC1.I. The number of nitrogens with zero attached hydrogens (tertiary/aromatic N) is 2. The number of aliphatic imine (C=N–C) groups is 1. The van der Waals surface area contributed by atoms with E-state index >= 15 is 0 Å². The zero-order valence-corrected chi connectivity index (χ0v) is 17.6. The molecule has 0 radical (unpaired) electrons. The fraction of sp³-hybridized carbons (Fsp3) is 0.941. The Morgan fingerprint density at radius 1 is 1.24 bits per heavy atom. The van der Waals surface area contributed by atoms with Crippen LogP contribution in [0.2, 0.25) is 0 Å². The molecule has 1 unspecified atom stereocenters. The van der Waals surface area contributed by atoms with E-state index in [1.807, 2.05) is 0 Å². The Kier molecular flexibility index (Phi) is 9.28. The molecule has 8 heteroatoms. The van der Waals surface area contributed by atoms with Gasteiger partial charge < -0.3 is 10.6 Å². The third-order valence-corrected chi connectivity index (χ3v) is 5.60. The molecule has 1 heterocycles. The summed E-state index contributed by atoms with van der Waals surface area (Å²) in [6.45, 7) is 4.08. The lowest BCUT2D eigenvalue weighted by Crippen LogP contribution is -2.44. The van der Waals surface area contributed by atoms with Crippen molar-refractivity contribution in [2.45, 2.75) is 51.6 Å². The second-order valence-corrected chi connectivity index (χ2v) is 7.37. The predicted molar refractivity (Wildman–Crippen MR) is 107 cm³/mol. The third kappa shape index (κ3) is 7.48. The van der Waals surface area contributed by atoms with Crippen LogP contribution in [0.5, 0.6) is 0 Å². The topological polar surface area (TPSA) is 39.7 Å². The lowest BCUT2D eigenvalue weighted by molar-refractivity contribution is -0.143. The zero-order chi connectivity index (χ0) is 17.6. The molecule has 2 N–H and O–H groups in total. The molecule has 1 saturated heterocycles. The van der Waals surface area contributed by atoms with Crippen LogP contribution in [0.1, 0.15) is 45.4 Å². The summed E-state index contributed by atoms with van der Waals surface area (Å²) in [6, 6.07) is 0. The highest BCUT2D eigenvalue weighted by Crippen LogP contribution is 2.40. The maximum atomic E-state index is 12.4. The van der Waals surface area contributed by atoms with Crippen molar-refractivity contribution in [2.75, 3.05) is 39.8 Å². The van der Waals surface area contributed by atoms with E-state index in [9.17, 15) is 13.2 Å². The van der Waals surface area contributed by atoms with Gasteiger partial charge in [0.05, 0.1) is 6.54 Å². The first-order valence-electron chi connectivity index (χ1n) is 9.09. The van der Waals surface area contributed by atoms with E-state index in [4.69, 9.17) is 0 Å². The fourth-order valence-electron chi connectivity index (χ4n) is 3.99. The second kappa shape index (κ2) is 10.2. The van der Waals surface area contributed by atoms with Gasteiger partial charge in [-0.15, -0.1) is 24.0 Å². The van der Waals surface area contributed by atoms with Crippen LogP contribution < -0.4 is 10.6 Å². The molecule has 0 spiro atoms. The van der Waals surface area contributed by atoms with Crippen LogP contribution in [0.3, 0.4) is 0 Å². The Balaban J connectivity index is 0.00000312. The maximum absolute atomic E-state index is 12.4. The molecule has 2 fully saturated rings. The van der Waals surface area contributed by atoms with Gasteiger partial charge in [0.15, 0.2) is 5.96 Å². The van der Waals surface area contributed by atoms with Crippen molar-refractivity contribution >= 4 is 29.9 Å². The molecule has 25 heavy (non-hydrogen) atoms. The largest absolute Gasteiger partial charge is 0.401 e. The highest BCUT2D eigenvalue weighted by Gasteiger charge is 2.34. The Hall–Kier alpha value is -0.250. The van der Waals surface area contributed by atoms with E-state index in [-0.39, 0.29) is 29.9 Å². The van der Waals surface area contributed by atoms with Crippen molar-refractivity contribution in [1.29, 1.82) is 0 Å². The molecule has 1 atom stereocenters. The molecule has 2 rings (SSSR count). The van der Waals surface area contributed by atoms with E-state index in [0.29, 0.717) is 25.0 Å². The third-order valence-electron chi connectivity index (χ3n) is 5.60. The number of guanidine groups is 1. The quantitative estimate of drug-likeness (QED) is 0.350. The van der Waals surface area contributed by atoms with E-state index in [1.165, 1.54) is 37.0 Å². The fourth-order valence-corrected chi connectivity index (χ4v) is 3.99. The smallest absolute Gasteiger partial charge is 0.356 e. The summed E-state index contributed by atoms with van der Waals surface area (Å²) >= 11 is 0. The maximum Gasteiger partial charge on any atom is 0.401 e. The number of rotatable bonds is 6. The molecule has 0 bridgehead atoms. The van der Waals surface area contributed by atoms with Crippen LogP contribution in [0.4, 0.5) is 13.2 Å². The first kappa shape index (κ1) is 22.8. The molecule has 1 saturated carbocycles. The Morgan fingerprint density at radius 3 is 2.48 bits per heavy atom. The number of hydrogen-bond acceptors (Lipinski definition) is 2. The molecule has 0 aromatic carbocycles. The summed E-state index contributed by atoms with van der Waals surface area (Å²) in [5, 5.41) is 6.71. The van der Waals surface area contributed by atoms with Crippen molar-refractivity contribution in [2.24, 2.45) is 16.3 Å². The van der Waals surface area contributed by atoms with Gasteiger partial charge in [-0.3, -0.25) is 9.89 Å². The molecule has 148 valence electrons. The predicted octanol–water partition coefficient (Wildman–Crippen LogP) is 3.62. The van der Waals surface area contributed by atoms with Crippen molar-refractivity contribution in [3.05, 3.63) is 0 Å². The molecule has 0 aromatic rings. The summed E-state index contributed by atoms with van der Waals surface area (Å²) in [5.74, 6) is 1.02. The monoisotopic (exact) mass is 476 g/mol. The van der Waals surface area contributed by atoms with Crippen LogP contribution in [0, 0.1) is 11.3 Å². The van der Waals surface area contributed by atoms with Gasteiger partial charge in [0.1, 0.15) is 0 Å². The van der Waals surface area contributed by atoms with E-state index in [1.54, 1.807) is 7.05 Å². The minimum absolute atomic E-state index is 0. The average molecular weight is 476 g/mol. The molecule has 1 aliphatic carbocycles. The highest BCUT2D eigenvalue weighted by molar-refractivity contribution is 14.0. The van der Waals surface area contributed by atoms with Gasteiger partial charge in [-0.2, -0.15) is 13.2 Å². The van der Waals surface area contributed by atoms with Gasteiger partial charge >= 0.3 is 6.18 Å². The molecule has 2 aliphatic rings. The van der Waals surface area contributed by atoms with Gasteiger partial charge in [0.2, 0.25) is 0 Å². The summed E-state index contributed by atoms with van der Waals surface area (Å²) in [6.07, 6.45) is 3.02. The molecule has 0 aromatic heterocycles. The standard InChI is InChI=1S/C17H31F3N4.HI/c1-3-16(7-4-5-8-16)12-23-15(21-2)22-10-14-6-9-24(11-14)13-17(18,19)20;/h14H,3-13H2,1-2H3,(H2,21,22,23);1H. The van der Waals surface area contributed by atoms with Crippen molar-refractivity contribution in [3.63, 3.8) is 0 Å². The first-order valence-corrected chi connectivity index (χ1v) is 9.09. The highest BCUT2D eigenvalue weighted by atomic mass is 127. The van der Waals surface area contributed by atoms with Crippen LogP contribution in [0.25, 0.3) is 0 Å². The van der Waals surface area contributed by atoms with Gasteiger partial charge in [0.25, 0.3) is 0 Å². The van der Waals surface area contributed by atoms with Crippen LogP contribution in [0.15, 0.2) is 4.99 Å². The Bertz CT molecular complexity index is 423. The van der Waals surface area contributed by atoms with Crippen LogP contribution in [-0.4, -0.2) is 56.8 Å². The summed E-state index contributed by atoms with van der Waals surface area (Å²) in [5.41, 5.74) is 0.383. The lowest BCUT2D eigenvalue weighted by atomic mass is 9.83. The van der Waals surface area contributed by atoms with Crippen molar-refractivity contribution < 1.29 is 13.2 Å². The molecule has 1 aliphatic heterocycles. The zero-order valence-electron chi connectivity index (χ0n) is 15.3. The number of likely N-dealkylation sites (tertiary alicyclic amines) is 1. The molecule has 4 nitrogen and oxygen atoms in total. The van der Waals surface area contributed by atoms with Gasteiger partial charge in [-0.25, -0.2) is 0 Å². The second-order valence-electron chi connectivity index (χ2n) is 7.37. The minimum Gasteiger partial charge on any atom is -0.356 e. The first-order chi connectivity index (χ1) is 11.4. The number of halogens is 4. The summed E-state index contributed by atoms with van der Waals surface area (Å²) < 4.78 is 37.3.